The van der Waals surface area contributed by atoms with Crippen molar-refractivity contribution < 1.29 is 33.4 Å². The SMILES string of the molecule is COc1cc(C2CN(C(=O)OC(C)(C)C)CCN2)cc2c1C(=O)N(C1CCC(=O)NC1=O)C2=O. The number of fused-ring (bicyclic) bond motifs is 1. The Balaban J connectivity index is 1.62. The lowest BCUT2D eigenvalue weighted by Crippen LogP contribution is -2.54. The Morgan fingerprint density at radius 1 is 1.12 bits per heavy atom. The summed E-state index contributed by atoms with van der Waals surface area (Å²) in [6, 6.07) is 1.87. The number of nitrogens with zero attached hydrogens (tertiary/aromatic N) is 2. The van der Waals surface area contributed by atoms with Crippen LogP contribution < -0.4 is 15.4 Å². The summed E-state index contributed by atoms with van der Waals surface area (Å²) < 4.78 is 10.9. The molecule has 11 nitrogen and oxygen atoms in total. The molecular weight excluding hydrogens is 444 g/mol. The lowest BCUT2D eigenvalue weighted by molar-refractivity contribution is -0.136. The summed E-state index contributed by atoms with van der Waals surface area (Å²) in [5.74, 6) is -2.15. The van der Waals surface area contributed by atoms with Crippen LogP contribution in [0.1, 0.15) is 65.9 Å². The van der Waals surface area contributed by atoms with E-state index in [0.717, 1.165) is 4.90 Å². The summed E-state index contributed by atoms with van der Waals surface area (Å²) in [7, 11) is 1.40. The fourth-order valence-electron chi connectivity index (χ4n) is 4.41. The average Bonchev–Trinajstić information content (AvgIpc) is 3.02. The molecule has 1 aromatic carbocycles. The largest absolute Gasteiger partial charge is 0.496 e. The maximum absolute atomic E-state index is 13.2. The van der Waals surface area contributed by atoms with Crippen LogP contribution in [0.25, 0.3) is 0 Å². The highest BCUT2D eigenvalue weighted by atomic mass is 16.6. The van der Waals surface area contributed by atoms with Gasteiger partial charge in [0.25, 0.3) is 11.8 Å². The van der Waals surface area contributed by atoms with Crippen LogP contribution in [0.15, 0.2) is 12.1 Å². The molecule has 3 heterocycles. The van der Waals surface area contributed by atoms with Crippen LogP contribution in [-0.4, -0.2) is 77.9 Å². The number of benzene rings is 1. The van der Waals surface area contributed by atoms with Crippen LogP contribution in [0, 0.1) is 0 Å². The molecule has 5 amide bonds. The molecule has 0 radical (unpaired) electrons. The molecule has 2 atom stereocenters. The average molecular weight is 472 g/mol. The second-order valence-corrected chi connectivity index (χ2v) is 9.53. The zero-order valence-electron chi connectivity index (χ0n) is 19.6. The molecule has 2 N–H and O–H groups in total. The normalized spacial score (nSPS) is 23.1. The fraction of sp³-hybridized carbons (Fsp3) is 0.522. The molecule has 4 rings (SSSR count). The van der Waals surface area contributed by atoms with E-state index in [0.29, 0.717) is 25.2 Å². The highest BCUT2D eigenvalue weighted by Crippen LogP contribution is 2.36. The molecule has 0 aromatic heterocycles. The quantitative estimate of drug-likeness (QED) is 0.622. The van der Waals surface area contributed by atoms with Gasteiger partial charge in [-0.1, -0.05) is 0 Å². The van der Waals surface area contributed by atoms with E-state index in [4.69, 9.17) is 9.47 Å². The zero-order chi connectivity index (χ0) is 24.8. The number of hydrogen-bond acceptors (Lipinski definition) is 8. The number of piperidine rings is 1. The Bertz CT molecular complexity index is 1080. The van der Waals surface area contributed by atoms with Gasteiger partial charge in [-0.3, -0.25) is 29.4 Å². The first-order valence-electron chi connectivity index (χ1n) is 11.1. The van der Waals surface area contributed by atoms with Crippen LogP contribution in [0.3, 0.4) is 0 Å². The Hall–Kier alpha value is -3.47. The molecule has 2 fully saturated rings. The maximum Gasteiger partial charge on any atom is 0.410 e. The van der Waals surface area contributed by atoms with Crippen molar-refractivity contribution in [3.8, 4) is 5.75 Å². The van der Waals surface area contributed by atoms with Gasteiger partial charge in [-0.25, -0.2) is 4.79 Å². The van der Waals surface area contributed by atoms with E-state index in [1.807, 2.05) is 0 Å². The molecule has 11 heteroatoms. The molecule has 0 saturated carbocycles. The number of carbonyl (C=O) groups excluding carboxylic acids is 5. The van der Waals surface area contributed by atoms with Crippen molar-refractivity contribution in [1.29, 1.82) is 0 Å². The maximum atomic E-state index is 13.2. The Morgan fingerprint density at radius 3 is 2.50 bits per heavy atom. The lowest BCUT2D eigenvalue weighted by Gasteiger charge is -2.35. The van der Waals surface area contributed by atoms with Gasteiger partial charge in [0.05, 0.1) is 24.3 Å². The first kappa shape index (κ1) is 23.7. The molecule has 3 aliphatic rings. The van der Waals surface area contributed by atoms with Crippen LogP contribution in [-0.2, 0) is 14.3 Å². The van der Waals surface area contributed by atoms with Gasteiger partial charge >= 0.3 is 6.09 Å². The number of imide groups is 2. The van der Waals surface area contributed by atoms with Gasteiger partial charge in [-0.2, -0.15) is 0 Å². The monoisotopic (exact) mass is 472 g/mol. The minimum absolute atomic E-state index is 0.0404. The van der Waals surface area contributed by atoms with E-state index in [-0.39, 0.29) is 35.8 Å². The predicted molar refractivity (Wildman–Crippen MR) is 118 cm³/mol. The van der Waals surface area contributed by atoms with Gasteiger partial charge in [0.1, 0.15) is 17.4 Å². The Kier molecular flexibility index (Phi) is 6.07. The Morgan fingerprint density at radius 2 is 1.85 bits per heavy atom. The van der Waals surface area contributed by atoms with Gasteiger partial charge in [-0.05, 0) is 44.9 Å². The van der Waals surface area contributed by atoms with Crippen molar-refractivity contribution in [2.24, 2.45) is 0 Å². The third-order valence-electron chi connectivity index (χ3n) is 5.98. The topological polar surface area (TPSA) is 134 Å². The molecule has 0 aliphatic carbocycles. The van der Waals surface area contributed by atoms with Crippen LogP contribution >= 0.6 is 0 Å². The van der Waals surface area contributed by atoms with Crippen molar-refractivity contribution in [3.05, 3.63) is 28.8 Å². The van der Waals surface area contributed by atoms with E-state index in [1.54, 1.807) is 37.8 Å². The first-order chi connectivity index (χ1) is 16.0. The highest BCUT2D eigenvalue weighted by molar-refractivity contribution is 6.24. The van der Waals surface area contributed by atoms with E-state index in [9.17, 15) is 24.0 Å². The minimum Gasteiger partial charge on any atom is -0.496 e. The molecule has 2 unspecified atom stereocenters. The molecular formula is C23H28N4O7. The third-order valence-corrected chi connectivity index (χ3v) is 5.98. The summed E-state index contributed by atoms with van der Waals surface area (Å²) in [6.45, 7) is 6.68. The van der Waals surface area contributed by atoms with Gasteiger partial charge in [0, 0.05) is 26.1 Å². The second kappa shape index (κ2) is 8.71. The van der Waals surface area contributed by atoms with E-state index in [1.165, 1.54) is 7.11 Å². The summed E-state index contributed by atoms with van der Waals surface area (Å²) in [5, 5.41) is 5.50. The number of ether oxygens (including phenoxy) is 2. The second-order valence-electron chi connectivity index (χ2n) is 9.53. The van der Waals surface area contributed by atoms with Gasteiger partial charge in [0.2, 0.25) is 11.8 Å². The Labute approximate surface area is 196 Å². The number of carbonyl (C=O) groups is 5. The fourth-order valence-corrected chi connectivity index (χ4v) is 4.41. The van der Waals surface area contributed by atoms with E-state index < -0.39 is 41.4 Å². The van der Waals surface area contributed by atoms with E-state index >= 15 is 0 Å². The predicted octanol–water partition coefficient (Wildman–Crippen LogP) is 0.978. The minimum atomic E-state index is -1.06. The van der Waals surface area contributed by atoms with Gasteiger partial charge in [-0.15, -0.1) is 0 Å². The molecule has 3 aliphatic heterocycles. The number of amides is 5. The standard InChI is InChI=1S/C23H28N4O7/c1-23(2,3)34-22(32)26-8-7-24-14(11-26)12-9-13-18(16(10-12)33-4)21(31)27(20(13)30)15-5-6-17(28)25-19(15)29/h9-10,14-15,24H,5-8,11H2,1-4H3,(H,25,28,29). The molecule has 0 bridgehead atoms. The van der Waals surface area contributed by atoms with Crippen molar-refractivity contribution in [2.45, 2.75) is 51.3 Å². The molecule has 34 heavy (non-hydrogen) atoms. The van der Waals surface area contributed by atoms with Crippen LogP contribution in [0.5, 0.6) is 5.75 Å². The summed E-state index contributed by atoms with van der Waals surface area (Å²) in [4.78, 5) is 65.3. The van der Waals surface area contributed by atoms with Gasteiger partial charge < -0.3 is 19.7 Å². The van der Waals surface area contributed by atoms with Crippen LogP contribution in [0.2, 0.25) is 0 Å². The van der Waals surface area contributed by atoms with Crippen molar-refractivity contribution in [1.82, 2.24) is 20.4 Å². The first-order valence-corrected chi connectivity index (χ1v) is 11.1. The number of rotatable bonds is 3. The third kappa shape index (κ3) is 4.35. The lowest BCUT2D eigenvalue weighted by atomic mass is 9.98. The summed E-state index contributed by atoms with van der Waals surface area (Å²) in [5.41, 5.74) is 0.247. The van der Waals surface area contributed by atoms with Crippen LogP contribution in [0.4, 0.5) is 4.79 Å². The molecule has 2 saturated heterocycles. The summed E-state index contributed by atoms with van der Waals surface area (Å²) in [6.07, 6.45) is -0.318. The van der Waals surface area contributed by atoms with Crippen molar-refractivity contribution >= 4 is 29.7 Å². The zero-order valence-corrected chi connectivity index (χ0v) is 19.6. The molecule has 182 valence electrons. The highest BCUT2D eigenvalue weighted by Gasteiger charge is 2.46. The number of hydrogen-bond donors (Lipinski definition) is 2. The summed E-state index contributed by atoms with van der Waals surface area (Å²) >= 11 is 0. The molecule has 1 aromatic rings. The number of methoxy groups -OCH3 is 1. The smallest absolute Gasteiger partial charge is 0.410 e. The van der Waals surface area contributed by atoms with Crippen molar-refractivity contribution in [3.63, 3.8) is 0 Å². The van der Waals surface area contributed by atoms with Gasteiger partial charge in [0.15, 0.2) is 0 Å². The van der Waals surface area contributed by atoms with Crippen molar-refractivity contribution in [2.75, 3.05) is 26.7 Å². The number of piperazine rings is 1. The molecule has 0 spiro atoms. The van der Waals surface area contributed by atoms with E-state index in [2.05, 4.69) is 10.6 Å². The number of nitrogens with one attached hydrogen (secondary N) is 2.